The van der Waals surface area contributed by atoms with Crippen molar-refractivity contribution in [2.45, 2.75) is 63.4 Å². The molecular formula is C14H22F3NO3. The van der Waals surface area contributed by atoms with Crippen LogP contribution >= 0.6 is 0 Å². The van der Waals surface area contributed by atoms with E-state index in [-0.39, 0.29) is 25.2 Å². The van der Waals surface area contributed by atoms with Crippen molar-refractivity contribution in [3.8, 4) is 0 Å². The number of esters is 1. The first kappa shape index (κ1) is 16.5. The minimum Gasteiger partial charge on any atom is -0.465 e. The first-order valence-corrected chi connectivity index (χ1v) is 7.43. The molecule has 0 saturated heterocycles. The van der Waals surface area contributed by atoms with Gasteiger partial charge in [-0.1, -0.05) is 0 Å². The molecule has 0 aromatic carbocycles. The van der Waals surface area contributed by atoms with Crippen LogP contribution in [-0.2, 0) is 14.3 Å². The predicted molar refractivity (Wildman–Crippen MR) is 69.7 cm³/mol. The molecule has 0 heterocycles. The van der Waals surface area contributed by atoms with Crippen LogP contribution in [0, 0.1) is 5.92 Å². The van der Waals surface area contributed by atoms with Gasteiger partial charge in [0.1, 0.15) is 5.54 Å². The third-order valence-electron chi connectivity index (χ3n) is 3.97. The van der Waals surface area contributed by atoms with Crippen LogP contribution in [0.4, 0.5) is 13.2 Å². The maximum Gasteiger partial charge on any atom is 0.414 e. The molecule has 7 heteroatoms. The van der Waals surface area contributed by atoms with E-state index in [2.05, 4.69) is 5.32 Å². The summed E-state index contributed by atoms with van der Waals surface area (Å²) in [7, 11) is 0. The van der Waals surface area contributed by atoms with Crippen molar-refractivity contribution in [2.75, 3.05) is 13.2 Å². The van der Waals surface area contributed by atoms with Gasteiger partial charge in [0.05, 0.1) is 13.2 Å². The fraction of sp³-hybridized carbons (Fsp3) is 0.929. The Labute approximate surface area is 122 Å². The van der Waals surface area contributed by atoms with Crippen LogP contribution in [0.15, 0.2) is 0 Å². The molecule has 2 atom stereocenters. The van der Waals surface area contributed by atoms with Crippen LogP contribution < -0.4 is 5.32 Å². The van der Waals surface area contributed by atoms with E-state index in [0.29, 0.717) is 0 Å². The Kier molecular flexibility index (Phi) is 4.82. The lowest BCUT2D eigenvalue weighted by molar-refractivity contribution is -0.221. The van der Waals surface area contributed by atoms with Crippen LogP contribution in [-0.4, -0.2) is 43.0 Å². The van der Waals surface area contributed by atoms with Crippen molar-refractivity contribution in [1.82, 2.24) is 5.32 Å². The second-order valence-corrected chi connectivity index (χ2v) is 5.88. The molecule has 0 aromatic rings. The van der Waals surface area contributed by atoms with E-state index in [9.17, 15) is 18.0 Å². The van der Waals surface area contributed by atoms with Gasteiger partial charge in [-0.3, -0.25) is 5.32 Å². The van der Waals surface area contributed by atoms with Gasteiger partial charge in [0.15, 0.2) is 6.10 Å². The molecule has 0 aliphatic heterocycles. The molecule has 2 fully saturated rings. The Morgan fingerprint density at radius 1 is 1.29 bits per heavy atom. The lowest BCUT2D eigenvalue weighted by Crippen LogP contribution is -2.59. The summed E-state index contributed by atoms with van der Waals surface area (Å²) in [4.78, 5) is 12.3. The number of nitrogens with one attached hydrogen (secondary N) is 1. The average molecular weight is 309 g/mol. The normalized spacial score (nSPS) is 23.5. The quantitative estimate of drug-likeness (QED) is 0.700. The first-order valence-electron chi connectivity index (χ1n) is 7.43. The number of carbonyl (C=O) groups is 1. The molecule has 2 saturated carbocycles. The highest BCUT2D eigenvalue weighted by Crippen LogP contribution is 2.43. The summed E-state index contributed by atoms with van der Waals surface area (Å²) in [6.45, 7) is 2.55. The van der Waals surface area contributed by atoms with E-state index in [1.165, 1.54) is 0 Å². The third kappa shape index (κ3) is 4.10. The SMILES string of the molecule is CCOC(=O)C(COC(C)C(F)(F)F)(NC1CC1)C1CC1. The van der Waals surface area contributed by atoms with E-state index in [4.69, 9.17) is 9.47 Å². The minimum atomic E-state index is -4.43. The van der Waals surface area contributed by atoms with Crippen molar-refractivity contribution in [3.05, 3.63) is 0 Å². The monoisotopic (exact) mass is 309 g/mol. The van der Waals surface area contributed by atoms with Crippen LogP contribution in [0.25, 0.3) is 0 Å². The molecule has 2 aliphatic rings. The largest absolute Gasteiger partial charge is 0.465 e. The Bertz CT molecular complexity index is 380. The Hall–Kier alpha value is -0.820. The maximum atomic E-state index is 12.6. The van der Waals surface area contributed by atoms with Crippen molar-refractivity contribution >= 4 is 5.97 Å². The molecule has 2 rings (SSSR count). The topological polar surface area (TPSA) is 47.6 Å². The fourth-order valence-corrected chi connectivity index (χ4v) is 2.34. The molecule has 1 N–H and O–H groups in total. The van der Waals surface area contributed by atoms with Gasteiger partial charge in [-0.2, -0.15) is 13.2 Å². The van der Waals surface area contributed by atoms with Gasteiger partial charge >= 0.3 is 12.1 Å². The van der Waals surface area contributed by atoms with Crippen molar-refractivity contribution < 1.29 is 27.4 Å². The third-order valence-corrected chi connectivity index (χ3v) is 3.97. The summed E-state index contributed by atoms with van der Waals surface area (Å²) in [6.07, 6.45) is -2.84. The lowest BCUT2D eigenvalue weighted by Gasteiger charge is -2.34. The van der Waals surface area contributed by atoms with Gasteiger partial charge in [-0.25, -0.2) is 4.79 Å². The maximum absolute atomic E-state index is 12.6. The van der Waals surface area contributed by atoms with E-state index < -0.39 is 23.8 Å². The molecule has 0 aromatic heterocycles. The van der Waals surface area contributed by atoms with Crippen molar-refractivity contribution in [1.29, 1.82) is 0 Å². The molecule has 21 heavy (non-hydrogen) atoms. The smallest absolute Gasteiger partial charge is 0.414 e. The summed E-state index contributed by atoms with van der Waals surface area (Å²) in [5, 5.41) is 3.19. The number of halogens is 3. The van der Waals surface area contributed by atoms with Gasteiger partial charge in [0.2, 0.25) is 0 Å². The molecule has 0 spiro atoms. The summed E-state index contributed by atoms with van der Waals surface area (Å²) in [5.74, 6) is -0.494. The predicted octanol–water partition coefficient (Wildman–Crippen LogP) is 2.42. The fourth-order valence-electron chi connectivity index (χ4n) is 2.34. The zero-order chi connectivity index (χ0) is 15.7. The lowest BCUT2D eigenvalue weighted by atomic mass is 9.93. The number of alkyl halides is 3. The highest BCUT2D eigenvalue weighted by molar-refractivity contribution is 5.82. The highest BCUT2D eigenvalue weighted by Gasteiger charge is 2.55. The highest BCUT2D eigenvalue weighted by atomic mass is 19.4. The number of hydrogen-bond acceptors (Lipinski definition) is 4. The molecule has 2 aliphatic carbocycles. The van der Waals surface area contributed by atoms with E-state index in [1.54, 1.807) is 6.92 Å². The summed E-state index contributed by atoms with van der Waals surface area (Å²) < 4.78 is 47.9. The molecule has 122 valence electrons. The van der Waals surface area contributed by atoms with Gasteiger partial charge in [0.25, 0.3) is 0 Å². The van der Waals surface area contributed by atoms with Gasteiger partial charge in [-0.05, 0) is 45.4 Å². The average Bonchev–Trinajstić information content (AvgIpc) is 3.25. The second-order valence-electron chi connectivity index (χ2n) is 5.88. The van der Waals surface area contributed by atoms with Crippen LogP contribution in [0.1, 0.15) is 39.5 Å². The standard InChI is InChI=1S/C14H22F3NO3/c1-3-20-12(19)13(10-4-5-10,18-11-6-7-11)8-21-9(2)14(15,16)17/h9-11,18H,3-8H2,1-2H3. The Morgan fingerprint density at radius 2 is 1.90 bits per heavy atom. The first-order chi connectivity index (χ1) is 9.79. The van der Waals surface area contributed by atoms with Crippen molar-refractivity contribution in [3.63, 3.8) is 0 Å². The molecule has 2 unspecified atom stereocenters. The number of ether oxygens (including phenoxy) is 2. The van der Waals surface area contributed by atoms with Gasteiger partial charge in [-0.15, -0.1) is 0 Å². The van der Waals surface area contributed by atoms with E-state index >= 15 is 0 Å². The molecule has 4 nitrogen and oxygen atoms in total. The number of hydrogen-bond donors (Lipinski definition) is 1. The van der Waals surface area contributed by atoms with Crippen molar-refractivity contribution in [2.24, 2.45) is 5.92 Å². The molecule has 0 bridgehead atoms. The van der Waals surface area contributed by atoms with Gasteiger partial charge < -0.3 is 9.47 Å². The van der Waals surface area contributed by atoms with Crippen LogP contribution in [0.2, 0.25) is 0 Å². The molecular weight excluding hydrogens is 287 g/mol. The summed E-state index contributed by atoms with van der Waals surface area (Å²) in [5.41, 5.74) is -1.13. The minimum absolute atomic E-state index is 0.00224. The summed E-state index contributed by atoms with van der Waals surface area (Å²) in [6, 6.07) is 0.180. The number of carbonyl (C=O) groups excluding carboxylic acids is 1. The van der Waals surface area contributed by atoms with Gasteiger partial charge in [0, 0.05) is 6.04 Å². The van der Waals surface area contributed by atoms with Crippen LogP contribution in [0.3, 0.4) is 0 Å². The summed E-state index contributed by atoms with van der Waals surface area (Å²) >= 11 is 0. The zero-order valence-corrected chi connectivity index (χ0v) is 12.3. The number of rotatable bonds is 8. The molecule has 0 amide bonds. The van der Waals surface area contributed by atoms with Crippen LogP contribution in [0.5, 0.6) is 0 Å². The second kappa shape index (κ2) is 6.12. The Morgan fingerprint density at radius 3 is 2.33 bits per heavy atom. The van der Waals surface area contributed by atoms with E-state index in [0.717, 1.165) is 32.6 Å². The Balaban J connectivity index is 2.08. The van der Waals surface area contributed by atoms with E-state index in [1.807, 2.05) is 0 Å². The zero-order valence-electron chi connectivity index (χ0n) is 12.3. The molecule has 0 radical (unpaired) electrons.